The highest BCUT2D eigenvalue weighted by Gasteiger charge is 2.34. The lowest BCUT2D eigenvalue weighted by molar-refractivity contribution is -0.384. The molecule has 96 valence electrons. The maximum absolute atomic E-state index is 11.8. The summed E-state index contributed by atoms with van der Waals surface area (Å²) in [5.41, 5.74) is -0.101. The second-order valence-corrected chi connectivity index (χ2v) is 4.96. The second-order valence-electron chi connectivity index (χ2n) is 3.96. The van der Waals surface area contributed by atoms with Gasteiger partial charge in [0.05, 0.1) is 4.92 Å². The van der Waals surface area contributed by atoms with E-state index in [1.54, 1.807) is 0 Å². The van der Waals surface area contributed by atoms with Crippen LogP contribution in [0.15, 0.2) is 12.3 Å². The van der Waals surface area contributed by atoms with Crippen LogP contribution in [0.5, 0.6) is 0 Å². The summed E-state index contributed by atoms with van der Waals surface area (Å²) in [6.45, 7) is 0.450. The van der Waals surface area contributed by atoms with Crippen LogP contribution in [-0.2, 0) is 4.79 Å². The predicted octanol–water partition coefficient (Wildman–Crippen LogP) is 2.39. The number of carbonyl (C=O) groups excluding carboxylic acids is 1. The van der Waals surface area contributed by atoms with Gasteiger partial charge in [0.15, 0.2) is 0 Å². The van der Waals surface area contributed by atoms with Gasteiger partial charge >= 0.3 is 5.69 Å². The van der Waals surface area contributed by atoms with Crippen molar-refractivity contribution in [1.82, 2.24) is 4.98 Å². The van der Waals surface area contributed by atoms with Crippen molar-refractivity contribution < 1.29 is 9.72 Å². The van der Waals surface area contributed by atoms with Gasteiger partial charge in [-0.05, 0) is 12.0 Å². The molecule has 18 heavy (non-hydrogen) atoms. The fourth-order valence-corrected chi connectivity index (χ4v) is 2.58. The summed E-state index contributed by atoms with van der Waals surface area (Å²) < 4.78 is 0. The van der Waals surface area contributed by atoms with Crippen LogP contribution in [0.3, 0.4) is 0 Å². The predicted molar refractivity (Wildman–Crippen MR) is 70.2 cm³/mol. The van der Waals surface area contributed by atoms with E-state index in [2.05, 4.69) is 20.9 Å². The maximum Gasteiger partial charge on any atom is 0.329 e. The molecule has 1 aliphatic rings. The number of hydrogen-bond donors (Lipinski definition) is 0. The highest BCUT2D eigenvalue weighted by atomic mass is 79.9. The van der Waals surface area contributed by atoms with Crippen LogP contribution in [0.1, 0.15) is 6.42 Å². The molecule has 6 nitrogen and oxygen atoms in total. The number of anilines is 1. The first kappa shape index (κ1) is 13.2. The Bertz CT molecular complexity index is 511. The number of aromatic nitrogens is 1. The molecule has 0 N–H and O–H groups in total. The van der Waals surface area contributed by atoms with Crippen molar-refractivity contribution in [3.05, 3.63) is 27.5 Å². The Morgan fingerprint density at radius 3 is 2.94 bits per heavy atom. The average molecular weight is 335 g/mol. The van der Waals surface area contributed by atoms with Crippen molar-refractivity contribution in [2.24, 2.45) is 5.92 Å². The molecular formula is C10H9BrClN3O3. The van der Waals surface area contributed by atoms with Gasteiger partial charge < -0.3 is 4.90 Å². The van der Waals surface area contributed by atoms with Gasteiger partial charge in [0.1, 0.15) is 5.69 Å². The minimum Gasteiger partial charge on any atom is -0.306 e. The lowest BCUT2D eigenvalue weighted by Gasteiger charge is -2.16. The lowest BCUT2D eigenvalue weighted by Crippen LogP contribution is -2.25. The van der Waals surface area contributed by atoms with Crippen LogP contribution < -0.4 is 4.90 Å². The van der Waals surface area contributed by atoms with E-state index >= 15 is 0 Å². The SMILES string of the molecule is O=C1CC(CBr)CN1c1ccnc(Cl)c1[N+](=O)[O-]. The number of carbonyl (C=O) groups is 1. The first-order valence-electron chi connectivity index (χ1n) is 5.19. The third kappa shape index (κ3) is 2.32. The number of rotatable bonds is 3. The molecule has 2 rings (SSSR count). The maximum atomic E-state index is 11.8. The molecule has 1 saturated heterocycles. The monoisotopic (exact) mass is 333 g/mol. The van der Waals surface area contributed by atoms with Crippen molar-refractivity contribution in [3.63, 3.8) is 0 Å². The van der Waals surface area contributed by atoms with Crippen molar-refractivity contribution in [2.45, 2.75) is 6.42 Å². The normalized spacial score (nSPS) is 19.3. The Kier molecular flexibility index (Phi) is 3.82. The zero-order valence-electron chi connectivity index (χ0n) is 9.18. The van der Waals surface area contributed by atoms with Crippen LogP contribution in [0.2, 0.25) is 5.15 Å². The summed E-state index contributed by atoms with van der Waals surface area (Å²) in [7, 11) is 0. The first-order valence-corrected chi connectivity index (χ1v) is 6.69. The van der Waals surface area contributed by atoms with E-state index in [-0.39, 0.29) is 28.4 Å². The van der Waals surface area contributed by atoms with Crippen LogP contribution in [0.25, 0.3) is 0 Å². The van der Waals surface area contributed by atoms with E-state index in [4.69, 9.17) is 11.6 Å². The Morgan fingerprint density at radius 1 is 1.67 bits per heavy atom. The summed E-state index contributed by atoms with van der Waals surface area (Å²) in [5.74, 6) is 0.0221. The molecule has 0 spiro atoms. The van der Waals surface area contributed by atoms with E-state index in [0.717, 1.165) is 0 Å². The topological polar surface area (TPSA) is 76.3 Å². The Hall–Kier alpha value is -1.21. The fraction of sp³-hybridized carbons (Fsp3) is 0.400. The van der Waals surface area contributed by atoms with Crippen molar-refractivity contribution >= 4 is 44.8 Å². The van der Waals surface area contributed by atoms with E-state index < -0.39 is 4.92 Å². The zero-order chi connectivity index (χ0) is 13.3. The number of alkyl halides is 1. The summed E-state index contributed by atoms with van der Waals surface area (Å²) in [6, 6.07) is 1.44. The molecule has 1 aromatic rings. The molecular weight excluding hydrogens is 325 g/mol. The smallest absolute Gasteiger partial charge is 0.306 e. The van der Waals surface area contributed by atoms with Gasteiger partial charge in [-0.15, -0.1) is 0 Å². The Balaban J connectivity index is 2.43. The molecule has 1 fully saturated rings. The number of hydrogen-bond acceptors (Lipinski definition) is 4. The molecule has 1 unspecified atom stereocenters. The highest BCUT2D eigenvalue weighted by Crippen LogP contribution is 2.36. The Labute approximate surface area is 116 Å². The molecule has 1 amide bonds. The summed E-state index contributed by atoms with van der Waals surface area (Å²) in [6.07, 6.45) is 1.74. The summed E-state index contributed by atoms with van der Waals surface area (Å²) in [5, 5.41) is 11.5. The van der Waals surface area contributed by atoms with Gasteiger partial charge in [-0.1, -0.05) is 27.5 Å². The molecule has 2 heterocycles. The zero-order valence-corrected chi connectivity index (χ0v) is 11.5. The van der Waals surface area contributed by atoms with Crippen LogP contribution in [0, 0.1) is 16.0 Å². The Morgan fingerprint density at radius 2 is 2.39 bits per heavy atom. The summed E-state index contributed by atoms with van der Waals surface area (Å²) in [4.78, 5) is 27.3. The van der Waals surface area contributed by atoms with Gasteiger partial charge in [-0.2, -0.15) is 0 Å². The molecule has 0 aliphatic carbocycles. The third-order valence-electron chi connectivity index (χ3n) is 2.76. The molecule has 0 saturated carbocycles. The molecule has 8 heteroatoms. The molecule has 1 aromatic heterocycles. The van der Waals surface area contributed by atoms with E-state index in [1.165, 1.54) is 17.2 Å². The van der Waals surface area contributed by atoms with E-state index in [0.29, 0.717) is 18.3 Å². The minimum absolute atomic E-state index is 0.134. The van der Waals surface area contributed by atoms with Gasteiger partial charge in [0.25, 0.3) is 0 Å². The van der Waals surface area contributed by atoms with Gasteiger partial charge in [-0.3, -0.25) is 14.9 Å². The molecule has 1 atom stereocenters. The van der Waals surface area contributed by atoms with Crippen LogP contribution in [0.4, 0.5) is 11.4 Å². The average Bonchev–Trinajstić information content (AvgIpc) is 2.69. The number of pyridine rings is 1. The van der Waals surface area contributed by atoms with Crippen molar-refractivity contribution in [3.8, 4) is 0 Å². The van der Waals surface area contributed by atoms with Gasteiger partial charge in [0.2, 0.25) is 11.1 Å². The minimum atomic E-state index is -0.612. The van der Waals surface area contributed by atoms with Gasteiger partial charge in [-0.25, -0.2) is 4.98 Å². The van der Waals surface area contributed by atoms with Crippen molar-refractivity contribution in [2.75, 3.05) is 16.8 Å². The molecule has 0 bridgehead atoms. The highest BCUT2D eigenvalue weighted by molar-refractivity contribution is 9.09. The standard InChI is InChI=1S/C10H9BrClN3O3/c11-4-6-3-8(16)14(5-6)7-1-2-13-10(12)9(7)15(17)18/h1-2,6H,3-5H2. The number of amides is 1. The van der Waals surface area contributed by atoms with E-state index in [9.17, 15) is 14.9 Å². The largest absolute Gasteiger partial charge is 0.329 e. The summed E-state index contributed by atoms with van der Waals surface area (Å²) >= 11 is 9.04. The number of nitrogens with zero attached hydrogens (tertiary/aromatic N) is 3. The second kappa shape index (κ2) is 5.19. The van der Waals surface area contributed by atoms with Crippen molar-refractivity contribution in [1.29, 1.82) is 0 Å². The third-order valence-corrected chi connectivity index (χ3v) is 3.95. The van der Waals surface area contributed by atoms with Crippen LogP contribution >= 0.6 is 27.5 Å². The lowest BCUT2D eigenvalue weighted by atomic mass is 10.2. The molecule has 0 aromatic carbocycles. The number of nitro groups is 1. The number of halogens is 2. The van der Waals surface area contributed by atoms with E-state index in [1.807, 2.05) is 0 Å². The fourth-order valence-electron chi connectivity index (χ4n) is 1.92. The van der Waals surface area contributed by atoms with Gasteiger partial charge in [0, 0.05) is 24.5 Å². The quantitative estimate of drug-likeness (QED) is 0.368. The van der Waals surface area contributed by atoms with Crippen LogP contribution in [-0.4, -0.2) is 27.7 Å². The molecule has 1 aliphatic heterocycles. The first-order chi connectivity index (χ1) is 8.54. The molecule has 0 radical (unpaired) electrons.